The van der Waals surface area contributed by atoms with Crippen molar-refractivity contribution in [3.63, 3.8) is 0 Å². The number of benzene rings is 2. The molecule has 4 aromatic rings. The number of alkyl halides is 1. The number of fused-ring (bicyclic) bond motifs is 1. The molecule has 2 aromatic carbocycles. The number of ketones is 1. The number of hydrogen-bond donors (Lipinski definition) is 2. The Labute approximate surface area is 207 Å². The van der Waals surface area contributed by atoms with Crippen LogP contribution in [0.4, 0.5) is 4.39 Å². The highest BCUT2D eigenvalue weighted by molar-refractivity contribution is 6.31. The van der Waals surface area contributed by atoms with Crippen molar-refractivity contribution >= 4 is 23.4 Å². The van der Waals surface area contributed by atoms with Crippen LogP contribution in [0.15, 0.2) is 61.1 Å². The maximum absolute atomic E-state index is 15.2. The summed E-state index contributed by atoms with van der Waals surface area (Å²) in [6.45, 7) is 0. The number of aliphatic hydroxyl groups is 1. The number of halogens is 2. The summed E-state index contributed by atoms with van der Waals surface area (Å²) in [6, 6.07) is 11.7. The fraction of sp³-hybridized carbons (Fsp3) is 0.167. The molecule has 1 aliphatic rings. The largest absolute Gasteiger partial charge is 0.618 e. The van der Waals surface area contributed by atoms with Crippen LogP contribution in [0.1, 0.15) is 39.8 Å². The lowest BCUT2D eigenvalue weighted by molar-refractivity contribution is -0.620. The molecule has 2 unspecified atom stereocenters. The van der Waals surface area contributed by atoms with Crippen LogP contribution >= 0.6 is 11.6 Å². The number of carboxylic acid groups (broad SMARTS) is 1. The predicted molar refractivity (Wildman–Crippen MR) is 123 cm³/mol. The lowest BCUT2D eigenvalue weighted by Gasteiger charge is -2.21. The van der Waals surface area contributed by atoms with Gasteiger partial charge < -0.3 is 15.4 Å². The second-order valence-corrected chi connectivity index (χ2v) is 8.84. The first kappa shape index (κ1) is 23.5. The van der Waals surface area contributed by atoms with E-state index >= 15 is 4.39 Å². The number of carbonyl (C=O) groups excluding carboxylic acids is 1. The van der Waals surface area contributed by atoms with Gasteiger partial charge in [-0.3, -0.25) is 4.79 Å². The Morgan fingerprint density at radius 3 is 2.64 bits per heavy atom. The molecule has 0 fully saturated rings. The molecule has 0 saturated heterocycles. The van der Waals surface area contributed by atoms with Crippen LogP contribution in [0.5, 0.6) is 0 Å². The van der Waals surface area contributed by atoms with Crippen LogP contribution in [0, 0.1) is 5.21 Å². The van der Waals surface area contributed by atoms with Crippen molar-refractivity contribution in [2.75, 3.05) is 0 Å². The molecule has 5 rings (SSSR count). The van der Waals surface area contributed by atoms with E-state index in [9.17, 15) is 19.9 Å². The van der Waals surface area contributed by atoms with E-state index in [0.29, 0.717) is 32.1 Å². The second-order valence-electron chi connectivity index (χ2n) is 8.41. The van der Waals surface area contributed by atoms with E-state index in [2.05, 4.69) is 15.5 Å². The molecule has 182 valence electrons. The highest BCUT2D eigenvalue weighted by atomic mass is 35.5. The molecule has 0 spiro atoms. The van der Waals surface area contributed by atoms with E-state index in [0.717, 1.165) is 6.20 Å². The molecule has 0 saturated carbocycles. The van der Waals surface area contributed by atoms with Gasteiger partial charge in [0.05, 0.1) is 16.8 Å². The number of rotatable bonds is 6. The minimum Gasteiger partial charge on any atom is -0.618 e. The first-order valence-electron chi connectivity index (χ1n) is 10.7. The summed E-state index contributed by atoms with van der Waals surface area (Å²) in [5.74, 6) is -1.90. The molecule has 12 heteroatoms. The minimum absolute atomic E-state index is 0.0342. The standard InChI is InChI=1S/C24H17ClFN5O5/c25-16-5-6-20(30-12-27-28-29-30)17(9-16)15-8-18-19(26)10-24(35,22(18)31(36)11-15)21(32)7-13-1-3-14(4-2-13)23(33)34/h1-6,8-9,11-12,19,35H,7,10H2,(H,33,34). The minimum atomic E-state index is -2.35. The molecule has 1 aliphatic carbocycles. The zero-order valence-corrected chi connectivity index (χ0v) is 19.1. The fourth-order valence-corrected chi connectivity index (χ4v) is 4.59. The lowest BCUT2D eigenvalue weighted by Crippen LogP contribution is -2.46. The first-order valence-corrected chi connectivity index (χ1v) is 11.1. The van der Waals surface area contributed by atoms with E-state index in [1.54, 1.807) is 18.2 Å². The number of aromatic nitrogens is 5. The van der Waals surface area contributed by atoms with Gasteiger partial charge in [0.25, 0.3) is 0 Å². The molecule has 0 radical (unpaired) electrons. The van der Waals surface area contributed by atoms with Crippen molar-refractivity contribution < 1.29 is 28.9 Å². The SMILES string of the molecule is O=C(O)c1ccc(CC(=O)C2(O)CC(F)c3cc(-c4cc(Cl)ccc4-n4cnnn4)c[n+]([O-])c32)cc1. The van der Waals surface area contributed by atoms with E-state index in [-0.39, 0.29) is 23.2 Å². The molecular weight excluding hydrogens is 493 g/mol. The molecule has 2 N–H and O–H groups in total. The average molecular weight is 510 g/mol. The Morgan fingerprint density at radius 2 is 1.97 bits per heavy atom. The number of Topliss-reactive ketones (excluding diaryl/α,β-unsaturated/α-hetero) is 1. The quantitative estimate of drug-likeness (QED) is 0.298. The molecule has 0 amide bonds. The van der Waals surface area contributed by atoms with Gasteiger partial charge in [0.2, 0.25) is 11.3 Å². The summed E-state index contributed by atoms with van der Waals surface area (Å²) < 4.78 is 16.9. The second kappa shape index (κ2) is 8.77. The van der Waals surface area contributed by atoms with Crippen molar-refractivity contribution in [3.05, 3.63) is 93.7 Å². The fourth-order valence-electron chi connectivity index (χ4n) is 4.42. The predicted octanol–water partition coefficient (Wildman–Crippen LogP) is 2.73. The zero-order valence-electron chi connectivity index (χ0n) is 18.4. The summed E-state index contributed by atoms with van der Waals surface area (Å²) >= 11 is 6.17. The van der Waals surface area contributed by atoms with E-state index in [1.807, 2.05) is 0 Å². The molecule has 2 atom stereocenters. The number of carbonyl (C=O) groups is 2. The number of hydrogen-bond acceptors (Lipinski definition) is 7. The van der Waals surface area contributed by atoms with Crippen molar-refractivity contribution in [1.29, 1.82) is 0 Å². The van der Waals surface area contributed by atoms with Gasteiger partial charge in [-0.25, -0.2) is 9.18 Å². The highest BCUT2D eigenvalue weighted by Crippen LogP contribution is 2.46. The van der Waals surface area contributed by atoms with Crippen molar-refractivity contribution in [3.8, 4) is 16.8 Å². The van der Waals surface area contributed by atoms with Gasteiger partial charge in [-0.2, -0.15) is 9.41 Å². The van der Waals surface area contributed by atoms with Gasteiger partial charge in [-0.15, -0.1) is 5.10 Å². The van der Waals surface area contributed by atoms with Crippen LogP contribution in [0.2, 0.25) is 5.02 Å². The third-order valence-electron chi connectivity index (χ3n) is 6.16. The van der Waals surface area contributed by atoms with E-state index < -0.39 is 29.9 Å². The summed E-state index contributed by atoms with van der Waals surface area (Å²) in [4.78, 5) is 24.1. The van der Waals surface area contributed by atoms with Crippen molar-refractivity contribution in [2.45, 2.75) is 24.6 Å². The summed E-state index contributed by atoms with van der Waals surface area (Å²) in [5, 5.41) is 44.8. The molecule has 10 nitrogen and oxygen atoms in total. The Hall–Kier alpha value is -4.22. The molecule has 2 aromatic heterocycles. The van der Waals surface area contributed by atoms with Crippen LogP contribution in [-0.4, -0.2) is 42.2 Å². The highest BCUT2D eigenvalue weighted by Gasteiger charge is 2.54. The topological polar surface area (TPSA) is 145 Å². The Morgan fingerprint density at radius 1 is 1.22 bits per heavy atom. The van der Waals surface area contributed by atoms with E-state index in [1.165, 1.54) is 41.3 Å². The normalized spacial score (nSPS) is 18.7. The summed E-state index contributed by atoms with van der Waals surface area (Å²) in [5.41, 5.74) is -1.18. The zero-order chi connectivity index (χ0) is 25.6. The van der Waals surface area contributed by atoms with E-state index in [4.69, 9.17) is 16.7 Å². The van der Waals surface area contributed by atoms with Gasteiger partial charge in [-0.1, -0.05) is 23.7 Å². The van der Waals surface area contributed by atoms with Gasteiger partial charge in [0.1, 0.15) is 12.5 Å². The number of pyridine rings is 1. The van der Waals surface area contributed by atoms with Gasteiger partial charge in [-0.05, 0) is 52.4 Å². The van der Waals surface area contributed by atoms with Crippen LogP contribution in [0.25, 0.3) is 16.8 Å². The molecule has 0 aliphatic heterocycles. The Balaban J connectivity index is 1.53. The number of tetrazole rings is 1. The monoisotopic (exact) mass is 509 g/mol. The maximum atomic E-state index is 15.2. The van der Waals surface area contributed by atoms with Gasteiger partial charge >= 0.3 is 5.97 Å². The first-order chi connectivity index (χ1) is 17.2. The molecular formula is C24H17ClFN5O5. The number of nitrogens with zero attached hydrogens (tertiary/aromatic N) is 5. The smallest absolute Gasteiger partial charge is 0.335 e. The molecule has 0 bridgehead atoms. The van der Waals surface area contributed by atoms with Crippen molar-refractivity contribution in [2.24, 2.45) is 0 Å². The third-order valence-corrected chi connectivity index (χ3v) is 6.39. The average Bonchev–Trinajstić information content (AvgIpc) is 3.46. The number of aromatic carboxylic acids is 1. The van der Waals surface area contributed by atoms with Crippen LogP contribution in [0.3, 0.4) is 0 Å². The Kier molecular flexibility index (Phi) is 5.73. The number of carboxylic acids is 1. The van der Waals surface area contributed by atoms with Crippen molar-refractivity contribution in [1.82, 2.24) is 20.2 Å². The summed E-state index contributed by atoms with van der Waals surface area (Å²) in [6.07, 6.45) is -0.225. The maximum Gasteiger partial charge on any atom is 0.335 e. The lowest BCUT2D eigenvalue weighted by atomic mass is 9.90. The van der Waals surface area contributed by atoms with Gasteiger partial charge in [0.15, 0.2) is 12.0 Å². The molecule has 2 heterocycles. The van der Waals surface area contributed by atoms with Gasteiger partial charge in [0, 0.05) is 29.0 Å². The van der Waals surface area contributed by atoms with Crippen LogP contribution < -0.4 is 4.73 Å². The van der Waals surface area contributed by atoms with Crippen LogP contribution in [-0.2, 0) is 16.8 Å². The molecule has 36 heavy (non-hydrogen) atoms. The Bertz CT molecular complexity index is 1500. The summed E-state index contributed by atoms with van der Waals surface area (Å²) in [7, 11) is 0. The third kappa shape index (κ3) is 3.97.